The summed E-state index contributed by atoms with van der Waals surface area (Å²) in [5.74, 6) is 0.980. The minimum absolute atomic E-state index is 0.725. The van der Waals surface area contributed by atoms with E-state index in [0.717, 1.165) is 42.8 Å². The maximum absolute atomic E-state index is 5.94. The molecule has 2 aromatic rings. The average Bonchev–Trinajstić information content (AvgIpc) is 2.95. The van der Waals surface area contributed by atoms with E-state index in [1.807, 2.05) is 12.1 Å². The van der Waals surface area contributed by atoms with Crippen LogP contribution in [0.5, 0.6) is 5.75 Å². The van der Waals surface area contributed by atoms with Gasteiger partial charge in [0, 0.05) is 27.9 Å². The van der Waals surface area contributed by atoms with E-state index in [1.165, 1.54) is 10.4 Å². The van der Waals surface area contributed by atoms with Gasteiger partial charge in [-0.15, -0.1) is 11.3 Å². The maximum Gasteiger partial charge on any atom is 0.123 e. The van der Waals surface area contributed by atoms with Crippen molar-refractivity contribution < 1.29 is 4.74 Å². The van der Waals surface area contributed by atoms with Gasteiger partial charge in [0.1, 0.15) is 5.75 Å². The minimum Gasteiger partial charge on any atom is -0.493 e. The van der Waals surface area contributed by atoms with Crippen LogP contribution in [0.2, 0.25) is 0 Å². The van der Waals surface area contributed by atoms with Crippen LogP contribution < -0.4 is 10.1 Å². The highest BCUT2D eigenvalue weighted by atomic mass is 79.9. The van der Waals surface area contributed by atoms with Crippen LogP contribution in [-0.4, -0.2) is 13.2 Å². The molecule has 4 heteroatoms. The molecule has 2 rings (SSSR count). The standard InChI is InChI=1S/C16H20BrNOS/c1-2-8-18-12-13-11-14(17)5-6-16(13)19-9-7-15-4-3-10-20-15/h3-6,10-11,18H,2,7-9,12H2,1H3. The molecule has 20 heavy (non-hydrogen) atoms. The first-order valence-corrected chi connectivity index (χ1v) is 8.61. The Hall–Kier alpha value is -0.840. The Morgan fingerprint density at radius 2 is 2.20 bits per heavy atom. The number of thiophene rings is 1. The Balaban J connectivity index is 1.91. The van der Waals surface area contributed by atoms with E-state index in [2.05, 4.69) is 51.7 Å². The number of hydrogen-bond donors (Lipinski definition) is 1. The molecule has 2 nitrogen and oxygen atoms in total. The summed E-state index contributed by atoms with van der Waals surface area (Å²) < 4.78 is 7.04. The van der Waals surface area contributed by atoms with Crippen LogP contribution in [0.4, 0.5) is 0 Å². The fourth-order valence-electron chi connectivity index (χ4n) is 1.94. The highest BCUT2D eigenvalue weighted by Gasteiger charge is 2.05. The first kappa shape index (κ1) is 15.5. The van der Waals surface area contributed by atoms with Gasteiger partial charge in [-0.05, 0) is 42.6 Å². The van der Waals surface area contributed by atoms with Gasteiger partial charge in [0.25, 0.3) is 0 Å². The number of benzene rings is 1. The van der Waals surface area contributed by atoms with Crippen LogP contribution in [0, 0.1) is 0 Å². The van der Waals surface area contributed by atoms with Crippen LogP contribution in [0.25, 0.3) is 0 Å². The molecule has 108 valence electrons. The first-order valence-electron chi connectivity index (χ1n) is 6.94. The van der Waals surface area contributed by atoms with Crippen molar-refractivity contribution in [1.29, 1.82) is 0 Å². The smallest absolute Gasteiger partial charge is 0.123 e. The van der Waals surface area contributed by atoms with E-state index < -0.39 is 0 Å². The van der Waals surface area contributed by atoms with Crippen molar-refractivity contribution in [3.63, 3.8) is 0 Å². The van der Waals surface area contributed by atoms with Crippen molar-refractivity contribution >= 4 is 27.3 Å². The lowest BCUT2D eigenvalue weighted by Gasteiger charge is -2.12. The van der Waals surface area contributed by atoms with Crippen molar-refractivity contribution in [2.75, 3.05) is 13.2 Å². The Kier molecular flexibility index (Phi) is 6.57. The average molecular weight is 354 g/mol. The monoisotopic (exact) mass is 353 g/mol. The molecule has 0 aliphatic rings. The molecule has 1 aromatic carbocycles. The molecule has 0 amide bonds. The van der Waals surface area contributed by atoms with Crippen molar-refractivity contribution in [1.82, 2.24) is 5.32 Å². The van der Waals surface area contributed by atoms with Crippen LogP contribution >= 0.6 is 27.3 Å². The number of rotatable bonds is 8. The van der Waals surface area contributed by atoms with Gasteiger partial charge in [0.15, 0.2) is 0 Å². The molecule has 0 spiro atoms. The topological polar surface area (TPSA) is 21.3 Å². The van der Waals surface area contributed by atoms with Crippen LogP contribution in [0.1, 0.15) is 23.8 Å². The summed E-state index contributed by atoms with van der Waals surface area (Å²) >= 11 is 5.31. The number of nitrogens with one attached hydrogen (secondary N) is 1. The summed E-state index contributed by atoms with van der Waals surface area (Å²) in [6.07, 6.45) is 2.11. The first-order chi connectivity index (χ1) is 9.79. The highest BCUT2D eigenvalue weighted by molar-refractivity contribution is 9.10. The molecule has 1 N–H and O–H groups in total. The molecule has 1 aromatic heterocycles. The summed E-state index contributed by atoms with van der Waals surface area (Å²) in [4.78, 5) is 1.37. The summed E-state index contributed by atoms with van der Waals surface area (Å²) in [6.45, 7) is 4.78. The molecular formula is C16H20BrNOS. The van der Waals surface area contributed by atoms with Crippen LogP contribution in [-0.2, 0) is 13.0 Å². The van der Waals surface area contributed by atoms with E-state index in [1.54, 1.807) is 11.3 Å². The molecule has 0 unspecified atom stereocenters. The molecule has 0 bridgehead atoms. The summed E-state index contributed by atoms with van der Waals surface area (Å²) in [5, 5.41) is 5.53. The zero-order valence-corrected chi connectivity index (χ0v) is 14.1. The summed E-state index contributed by atoms with van der Waals surface area (Å²) in [7, 11) is 0. The second kappa shape index (κ2) is 8.45. The second-order valence-corrected chi connectivity index (χ2v) is 6.55. The Morgan fingerprint density at radius 3 is 2.95 bits per heavy atom. The lowest BCUT2D eigenvalue weighted by atomic mass is 10.2. The van der Waals surface area contributed by atoms with Gasteiger partial charge in [-0.2, -0.15) is 0 Å². The second-order valence-electron chi connectivity index (χ2n) is 4.61. The predicted octanol–water partition coefficient (Wildman–Crippen LogP) is 4.63. The third kappa shape index (κ3) is 4.93. The summed E-state index contributed by atoms with van der Waals surface area (Å²) in [5.41, 5.74) is 1.21. The van der Waals surface area contributed by atoms with Gasteiger partial charge in [-0.3, -0.25) is 0 Å². The van der Waals surface area contributed by atoms with Gasteiger partial charge < -0.3 is 10.1 Å². The fourth-order valence-corrected chi connectivity index (χ4v) is 3.04. The van der Waals surface area contributed by atoms with Crippen molar-refractivity contribution in [3.05, 3.63) is 50.6 Å². The van der Waals surface area contributed by atoms with E-state index >= 15 is 0 Å². The third-order valence-corrected chi connectivity index (χ3v) is 4.38. The molecular weight excluding hydrogens is 334 g/mol. The zero-order chi connectivity index (χ0) is 14.2. The molecule has 1 heterocycles. The largest absolute Gasteiger partial charge is 0.493 e. The Morgan fingerprint density at radius 1 is 1.30 bits per heavy atom. The Bertz CT molecular complexity index is 513. The fraction of sp³-hybridized carbons (Fsp3) is 0.375. The number of ether oxygens (including phenoxy) is 1. The lowest BCUT2D eigenvalue weighted by Crippen LogP contribution is -2.15. The van der Waals surface area contributed by atoms with E-state index in [9.17, 15) is 0 Å². The van der Waals surface area contributed by atoms with Crippen molar-refractivity contribution in [2.45, 2.75) is 26.3 Å². The number of hydrogen-bond acceptors (Lipinski definition) is 3. The summed E-state index contributed by atoms with van der Waals surface area (Å²) in [6, 6.07) is 10.4. The molecule has 0 radical (unpaired) electrons. The van der Waals surface area contributed by atoms with E-state index in [-0.39, 0.29) is 0 Å². The molecule has 0 aliphatic carbocycles. The van der Waals surface area contributed by atoms with Gasteiger partial charge in [0.2, 0.25) is 0 Å². The molecule has 0 saturated heterocycles. The molecule has 0 aliphatic heterocycles. The van der Waals surface area contributed by atoms with Crippen molar-refractivity contribution in [3.8, 4) is 5.75 Å². The molecule has 0 atom stereocenters. The minimum atomic E-state index is 0.725. The van der Waals surface area contributed by atoms with E-state index in [4.69, 9.17) is 4.74 Å². The van der Waals surface area contributed by atoms with Crippen molar-refractivity contribution in [2.24, 2.45) is 0 Å². The highest BCUT2D eigenvalue weighted by Crippen LogP contribution is 2.23. The Labute approximate surface area is 133 Å². The lowest BCUT2D eigenvalue weighted by molar-refractivity contribution is 0.318. The van der Waals surface area contributed by atoms with Crippen LogP contribution in [0.15, 0.2) is 40.2 Å². The normalized spacial score (nSPS) is 10.7. The van der Waals surface area contributed by atoms with Crippen LogP contribution in [0.3, 0.4) is 0 Å². The van der Waals surface area contributed by atoms with E-state index in [0.29, 0.717) is 0 Å². The predicted molar refractivity (Wildman–Crippen MR) is 89.7 cm³/mol. The van der Waals surface area contributed by atoms with Gasteiger partial charge >= 0.3 is 0 Å². The van der Waals surface area contributed by atoms with Gasteiger partial charge in [-0.25, -0.2) is 0 Å². The quantitative estimate of drug-likeness (QED) is 0.698. The number of halogens is 1. The SMILES string of the molecule is CCCNCc1cc(Br)ccc1OCCc1cccs1. The van der Waals surface area contributed by atoms with Gasteiger partial charge in [-0.1, -0.05) is 28.9 Å². The molecule has 0 saturated carbocycles. The molecule has 0 fully saturated rings. The van der Waals surface area contributed by atoms with Gasteiger partial charge in [0.05, 0.1) is 6.61 Å². The third-order valence-electron chi connectivity index (χ3n) is 2.95. The zero-order valence-electron chi connectivity index (χ0n) is 11.7. The maximum atomic E-state index is 5.94.